The van der Waals surface area contributed by atoms with Gasteiger partial charge in [0, 0.05) is 19.5 Å². The lowest BCUT2D eigenvalue weighted by Gasteiger charge is -2.38. The van der Waals surface area contributed by atoms with Crippen LogP contribution < -0.4 is 9.46 Å². The second-order valence-corrected chi connectivity index (χ2v) is 13.1. The standard InChI is InChI=1S/C24H33N3O7S2/c1-16-9-11-19(12-10-16)36(32,33)26(4)14-22-17(2)13-27(18(3)15-28)24(29)20-7-6-8-21(23(20)34-22)25-35(5,30)31/h6-12,17-18,22,25,28H,13-15H2,1-5H3/t17-,18-,22+/m1/s1. The first-order valence-corrected chi connectivity index (χ1v) is 14.8. The fourth-order valence-corrected chi connectivity index (χ4v) is 5.73. The molecule has 3 atom stereocenters. The van der Waals surface area contributed by atoms with Gasteiger partial charge in [0.15, 0.2) is 5.75 Å². The van der Waals surface area contributed by atoms with E-state index >= 15 is 0 Å². The number of amides is 1. The number of nitrogens with one attached hydrogen (secondary N) is 1. The van der Waals surface area contributed by atoms with E-state index < -0.39 is 38.1 Å². The van der Waals surface area contributed by atoms with Crippen LogP contribution in [0.2, 0.25) is 0 Å². The number of ether oxygens (including phenoxy) is 1. The average Bonchev–Trinajstić information content (AvgIpc) is 2.80. The van der Waals surface area contributed by atoms with Crippen molar-refractivity contribution >= 4 is 31.6 Å². The van der Waals surface area contributed by atoms with E-state index in [9.17, 15) is 26.7 Å². The number of likely N-dealkylation sites (N-methyl/N-ethyl adjacent to an activating group) is 1. The number of fused-ring (bicyclic) bond motifs is 1. The first-order valence-electron chi connectivity index (χ1n) is 11.5. The minimum atomic E-state index is -3.84. The van der Waals surface area contributed by atoms with Crippen LogP contribution in [-0.4, -0.2) is 82.2 Å². The van der Waals surface area contributed by atoms with Gasteiger partial charge in [-0.05, 0) is 38.1 Å². The molecule has 0 spiro atoms. The zero-order valence-corrected chi connectivity index (χ0v) is 22.6. The molecule has 0 saturated carbocycles. The Morgan fingerprint density at radius 3 is 2.39 bits per heavy atom. The third-order valence-electron chi connectivity index (χ3n) is 6.15. The van der Waals surface area contributed by atoms with Crippen LogP contribution in [0.4, 0.5) is 5.69 Å². The SMILES string of the molecule is Cc1ccc(S(=O)(=O)N(C)C[C@@H]2Oc3c(NS(C)(=O)=O)cccc3C(=O)N([C@H](C)CO)C[C@H]2C)cc1. The molecule has 0 aliphatic carbocycles. The molecule has 0 radical (unpaired) electrons. The van der Waals surface area contributed by atoms with Crippen LogP contribution in [0.3, 0.4) is 0 Å². The van der Waals surface area contributed by atoms with Gasteiger partial charge in [0.2, 0.25) is 20.0 Å². The number of aliphatic hydroxyl groups is 1. The summed E-state index contributed by atoms with van der Waals surface area (Å²) < 4.78 is 60.3. The summed E-state index contributed by atoms with van der Waals surface area (Å²) in [4.78, 5) is 15.0. The third-order valence-corrected chi connectivity index (χ3v) is 8.58. The highest BCUT2D eigenvalue weighted by Crippen LogP contribution is 2.35. The Morgan fingerprint density at radius 2 is 1.81 bits per heavy atom. The molecule has 0 bridgehead atoms. The molecular formula is C24H33N3O7S2. The van der Waals surface area contributed by atoms with Crippen LogP contribution in [0.25, 0.3) is 0 Å². The number of benzene rings is 2. The first-order chi connectivity index (χ1) is 16.7. The maximum atomic E-state index is 13.4. The molecule has 12 heteroatoms. The third kappa shape index (κ3) is 6.17. The normalized spacial score (nSPS) is 19.8. The first kappa shape index (κ1) is 27.9. The van der Waals surface area contributed by atoms with Crippen molar-refractivity contribution in [2.45, 2.75) is 37.8 Å². The van der Waals surface area contributed by atoms with Gasteiger partial charge in [0.05, 0.1) is 41.6 Å². The molecule has 1 aliphatic heterocycles. The topological polar surface area (TPSA) is 133 Å². The lowest BCUT2D eigenvalue weighted by molar-refractivity contribution is 0.0389. The highest BCUT2D eigenvalue weighted by atomic mass is 32.2. The number of carbonyl (C=O) groups excluding carboxylic acids is 1. The van der Waals surface area contributed by atoms with Crippen molar-refractivity contribution in [2.75, 3.05) is 37.7 Å². The van der Waals surface area contributed by atoms with Crippen molar-refractivity contribution in [2.24, 2.45) is 5.92 Å². The summed E-state index contributed by atoms with van der Waals surface area (Å²) in [6.07, 6.45) is 0.247. The summed E-state index contributed by atoms with van der Waals surface area (Å²) in [5, 5.41) is 9.77. The van der Waals surface area contributed by atoms with Crippen LogP contribution in [-0.2, 0) is 20.0 Å². The molecular weight excluding hydrogens is 506 g/mol. The van der Waals surface area contributed by atoms with E-state index in [4.69, 9.17) is 4.74 Å². The van der Waals surface area contributed by atoms with Crippen molar-refractivity contribution in [3.63, 3.8) is 0 Å². The molecule has 36 heavy (non-hydrogen) atoms. The number of aryl methyl sites for hydroxylation is 1. The summed E-state index contributed by atoms with van der Waals surface area (Å²) in [6, 6.07) is 10.5. The molecule has 1 aliphatic rings. The molecule has 2 aromatic rings. The van der Waals surface area contributed by atoms with Crippen LogP contribution in [0.5, 0.6) is 5.75 Å². The number of para-hydroxylation sites is 1. The predicted molar refractivity (Wildman–Crippen MR) is 137 cm³/mol. The fraction of sp³-hybridized carbons (Fsp3) is 0.458. The Kier molecular flexibility index (Phi) is 8.33. The molecule has 1 amide bonds. The van der Waals surface area contributed by atoms with Gasteiger partial charge >= 0.3 is 0 Å². The molecule has 0 unspecified atom stereocenters. The van der Waals surface area contributed by atoms with Gasteiger partial charge in [-0.25, -0.2) is 16.8 Å². The predicted octanol–water partition coefficient (Wildman–Crippen LogP) is 1.91. The smallest absolute Gasteiger partial charge is 0.258 e. The minimum absolute atomic E-state index is 0.0146. The molecule has 10 nitrogen and oxygen atoms in total. The second-order valence-electron chi connectivity index (χ2n) is 9.28. The molecule has 2 N–H and O–H groups in total. The Morgan fingerprint density at radius 1 is 1.17 bits per heavy atom. The largest absolute Gasteiger partial charge is 0.486 e. The van der Waals surface area contributed by atoms with Gasteiger partial charge in [0.1, 0.15) is 6.10 Å². The fourth-order valence-electron chi connectivity index (χ4n) is 3.98. The average molecular weight is 540 g/mol. The van der Waals surface area contributed by atoms with Gasteiger partial charge in [-0.3, -0.25) is 9.52 Å². The Labute approximate surface area is 213 Å². The van der Waals surface area contributed by atoms with E-state index in [1.54, 1.807) is 19.1 Å². The van der Waals surface area contributed by atoms with Crippen molar-refractivity contribution in [3.05, 3.63) is 53.6 Å². The summed E-state index contributed by atoms with van der Waals surface area (Å²) in [6.45, 7) is 5.26. The molecule has 0 fully saturated rings. The summed E-state index contributed by atoms with van der Waals surface area (Å²) in [5.41, 5.74) is 1.12. The number of sulfonamides is 2. The van der Waals surface area contributed by atoms with Crippen LogP contribution in [0.15, 0.2) is 47.4 Å². The lowest BCUT2D eigenvalue weighted by atomic mass is 9.99. The molecule has 0 aromatic heterocycles. The van der Waals surface area contributed by atoms with Crippen molar-refractivity contribution in [3.8, 4) is 5.75 Å². The lowest BCUT2D eigenvalue weighted by Crippen LogP contribution is -2.50. The zero-order chi connectivity index (χ0) is 26.8. The quantitative estimate of drug-likeness (QED) is 0.523. The van der Waals surface area contributed by atoms with E-state index in [-0.39, 0.29) is 47.5 Å². The number of hydrogen-bond donors (Lipinski definition) is 2. The number of nitrogens with zero attached hydrogens (tertiary/aromatic N) is 2. The molecule has 3 rings (SSSR count). The van der Waals surface area contributed by atoms with Gasteiger partial charge in [0.25, 0.3) is 5.91 Å². The Bertz CT molecular complexity index is 1310. The van der Waals surface area contributed by atoms with E-state index in [2.05, 4.69) is 4.72 Å². The van der Waals surface area contributed by atoms with Crippen molar-refractivity contribution < 1.29 is 31.5 Å². The second kappa shape index (κ2) is 10.8. The van der Waals surface area contributed by atoms with E-state index in [0.717, 1.165) is 11.8 Å². The summed E-state index contributed by atoms with van der Waals surface area (Å²) in [7, 11) is -6.09. The summed E-state index contributed by atoms with van der Waals surface area (Å²) in [5.74, 6) is -0.770. The number of aliphatic hydroxyl groups excluding tert-OH is 1. The van der Waals surface area contributed by atoms with E-state index in [1.807, 2.05) is 13.8 Å². The molecule has 2 aromatic carbocycles. The van der Waals surface area contributed by atoms with E-state index in [0.29, 0.717) is 0 Å². The van der Waals surface area contributed by atoms with Gasteiger partial charge < -0.3 is 14.7 Å². The van der Waals surface area contributed by atoms with Crippen LogP contribution >= 0.6 is 0 Å². The highest BCUT2D eigenvalue weighted by molar-refractivity contribution is 7.92. The highest BCUT2D eigenvalue weighted by Gasteiger charge is 2.36. The monoisotopic (exact) mass is 539 g/mol. The number of hydrogen-bond acceptors (Lipinski definition) is 7. The van der Waals surface area contributed by atoms with Crippen LogP contribution in [0.1, 0.15) is 29.8 Å². The van der Waals surface area contributed by atoms with Gasteiger partial charge in [-0.15, -0.1) is 0 Å². The zero-order valence-electron chi connectivity index (χ0n) is 21.0. The molecule has 0 saturated heterocycles. The Balaban J connectivity index is 2.05. The number of anilines is 1. The summed E-state index contributed by atoms with van der Waals surface area (Å²) >= 11 is 0. The molecule has 1 heterocycles. The number of rotatable bonds is 8. The van der Waals surface area contributed by atoms with Crippen molar-refractivity contribution in [1.29, 1.82) is 0 Å². The van der Waals surface area contributed by atoms with Crippen LogP contribution in [0, 0.1) is 12.8 Å². The van der Waals surface area contributed by atoms with E-state index in [1.165, 1.54) is 46.6 Å². The maximum Gasteiger partial charge on any atom is 0.258 e. The van der Waals surface area contributed by atoms with Gasteiger partial charge in [-0.1, -0.05) is 30.7 Å². The van der Waals surface area contributed by atoms with Gasteiger partial charge in [-0.2, -0.15) is 4.31 Å². The Hall–Kier alpha value is -2.67. The maximum absolute atomic E-state index is 13.4. The van der Waals surface area contributed by atoms with Crippen molar-refractivity contribution in [1.82, 2.24) is 9.21 Å². The minimum Gasteiger partial charge on any atom is -0.486 e. The number of carbonyl (C=O) groups is 1. The molecule has 198 valence electrons.